The molecule has 0 aliphatic carbocycles. The van der Waals surface area contributed by atoms with Crippen molar-refractivity contribution in [3.8, 4) is 0 Å². The molecule has 0 amide bonds. The van der Waals surface area contributed by atoms with Crippen LogP contribution in [0.1, 0.15) is 5.69 Å². The first kappa shape index (κ1) is 12.9. The molecule has 3 aromatic rings. The van der Waals surface area contributed by atoms with Crippen LogP contribution >= 0.6 is 11.6 Å². The molecule has 100 valence electrons. The van der Waals surface area contributed by atoms with Gasteiger partial charge in [0.2, 0.25) is 0 Å². The molecule has 20 heavy (non-hydrogen) atoms. The summed E-state index contributed by atoms with van der Waals surface area (Å²) >= 11 is 5.87. The van der Waals surface area contributed by atoms with Gasteiger partial charge in [-0.25, -0.2) is 4.39 Å². The fourth-order valence-electron chi connectivity index (χ4n) is 2.12. The second kappa shape index (κ2) is 5.10. The van der Waals surface area contributed by atoms with E-state index in [2.05, 4.69) is 10.3 Å². The van der Waals surface area contributed by atoms with Gasteiger partial charge in [0.15, 0.2) is 0 Å². The number of aromatic nitrogens is 1. The van der Waals surface area contributed by atoms with Crippen LogP contribution in [0.4, 0.5) is 15.8 Å². The third-order valence-electron chi connectivity index (χ3n) is 3.02. The van der Waals surface area contributed by atoms with Crippen LogP contribution in [0.25, 0.3) is 10.9 Å². The molecule has 0 saturated carbocycles. The van der Waals surface area contributed by atoms with Gasteiger partial charge in [-0.3, -0.25) is 4.98 Å². The van der Waals surface area contributed by atoms with Gasteiger partial charge in [0.05, 0.1) is 5.52 Å². The van der Waals surface area contributed by atoms with E-state index >= 15 is 0 Å². The minimum Gasteiger partial charge on any atom is -0.355 e. The van der Waals surface area contributed by atoms with Crippen molar-refractivity contribution in [2.75, 3.05) is 5.32 Å². The standard InChI is InChI=1S/C16H12ClFN2/c1-10-8-16(20-13-5-2-11(17)3-6-13)14-9-12(18)4-7-15(14)19-10/h2-9H,1H3,(H,19,20). The van der Waals surface area contributed by atoms with E-state index in [4.69, 9.17) is 11.6 Å². The fraction of sp³-hybridized carbons (Fsp3) is 0.0625. The van der Waals surface area contributed by atoms with Crippen molar-refractivity contribution < 1.29 is 4.39 Å². The van der Waals surface area contributed by atoms with Crippen LogP contribution in [-0.2, 0) is 0 Å². The number of halogens is 2. The quantitative estimate of drug-likeness (QED) is 0.710. The summed E-state index contributed by atoms with van der Waals surface area (Å²) in [6, 6.07) is 13.9. The van der Waals surface area contributed by atoms with Crippen molar-refractivity contribution in [1.29, 1.82) is 0 Å². The van der Waals surface area contributed by atoms with E-state index in [9.17, 15) is 4.39 Å². The number of pyridine rings is 1. The molecule has 0 unspecified atom stereocenters. The van der Waals surface area contributed by atoms with Gasteiger partial charge in [-0.05, 0) is 55.5 Å². The Morgan fingerprint density at radius 2 is 1.80 bits per heavy atom. The van der Waals surface area contributed by atoms with Gasteiger partial charge in [0.25, 0.3) is 0 Å². The molecule has 0 radical (unpaired) electrons. The maximum atomic E-state index is 13.4. The molecular weight excluding hydrogens is 275 g/mol. The van der Waals surface area contributed by atoms with Gasteiger partial charge >= 0.3 is 0 Å². The molecule has 1 N–H and O–H groups in total. The van der Waals surface area contributed by atoms with Crippen LogP contribution in [-0.4, -0.2) is 4.98 Å². The Kier molecular flexibility index (Phi) is 3.28. The van der Waals surface area contributed by atoms with Crippen molar-refractivity contribution in [2.45, 2.75) is 6.92 Å². The van der Waals surface area contributed by atoms with Crippen LogP contribution in [0.5, 0.6) is 0 Å². The van der Waals surface area contributed by atoms with Gasteiger partial charge in [-0.1, -0.05) is 11.6 Å². The van der Waals surface area contributed by atoms with Crippen LogP contribution < -0.4 is 5.32 Å². The number of benzene rings is 2. The molecule has 0 saturated heterocycles. The SMILES string of the molecule is Cc1cc(Nc2ccc(Cl)cc2)c2cc(F)ccc2n1. The second-order valence-electron chi connectivity index (χ2n) is 4.60. The summed E-state index contributed by atoms with van der Waals surface area (Å²) in [7, 11) is 0. The molecule has 0 bridgehead atoms. The Morgan fingerprint density at radius 1 is 1.05 bits per heavy atom. The van der Waals surface area contributed by atoms with E-state index in [1.807, 2.05) is 25.1 Å². The molecule has 2 aromatic carbocycles. The Balaban J connectivity index is 2.10. The average molecular weight is 287 g/mol. The highest BCUT2D eigenvalue weighted by atomic mass is 35.5. The lowest BCUT2D eigenvalue weighted by molar-refractivity contribution is 0.629. The smallest absolute Gasteiger partial charge is 0.124 e. The monoisotopic (exact) mass is 286 g/mol. The van der Waals surface area contributed by atoms with E-state index in [-0.39, 0.29) is 5.82 Å². The van der Waals surface area contributed by atoms with Gasteiger partial charge in [0, 0.05) is 27.5 Å². The maximum Gasteiger partial charge on any atom is 0.124 e. The van der Waals surface area contributed by atoms with E-state index < -0.39 is 0 Å². The predicted octanol–water partition coefficient (Wildman–Crippen LogP) is 5.08. The number of aryl methyl sites for hydroxylation is 1. The highest BCUT2D eigenvalue weighted by Crippen LogP contribution is 2.27. The van der Waals surface area contributed by atoms with Crippen molar-refractivity contribution in [3.05, 3.63) is 65.1 Å². The minimum absolute atomic E-state index is 0.276. The summed E-state index contributed by atoms with van der Waals surface area (Å²) in [5.41, 5.74) is 3.36. The van der Waals surface area contributed by atoms with Crippen molar-refractivity contribution in [1.82, 2.24) is 4.98 Å². The van der Waals surface area contributed by atoms with Crippen LogP contribution in [0, 0.1) is 12.7 Å². The van der Waals surface area contributed by atoms with E-state index in [1.54, 1.807) is 18.2 Å². The number of nitrogens with one attached hydrogen (secondary N) is 1. The summed E-state index contributed by atoms with van der Waals surface area (Å²) in [5.74, 6) is -0.276. The lowest BCUT2D eigenvalue weighted by Crippen LogP contribution is -1.95. The van der Waals surface area contributed by atoms with Gasteiger partial charge in [0.1, 0.15) is 5.82 Å². The molecule has 1 aromatic heterocycles. The summed E-state index contributed by atoms with van der Waals surface area (Å²) < 4.78 is 13.4. The third kappa shape index (κ3) is 2.58. The molecule has 2 nitrogen and oxygen atoms in total. The molecule has 0 aliphatic heterocycles. The van der Waals surface area contributed by atoms with E-state index in [0.29, 0.717) is 5.02 Å². The van der Waals surface area contributed by atoms with Crippen LogP contribution in [0.2, 0.25) is 5.02 Å². The summed E-state index contributed by atoms with van der Waals surface area (Å²) in [6.45, 7) is 1.91. The molecular formula is C16H12ClFN2. The highest BCUT2D eigenvalue weighted by Gasteiger charge is 2.06. The number of fused-ring (bicyclic) bond motifs is 1. The zero-order valence-corrected chi connectivity index (χ0v) is 11.6. The van der Waals surface area contributed by atoms with Gasteiger partial charge in [-0.2, -0.15) is 0 Å². The van der Waals surface area contributed by atoms with Crippen LogP contribution in [0.3, 0.4) is 0 Å². The number of hydrogen-bond acceptors (Lipinski definition) is 2. The number of anilines is 2. The predicted molar refractivity (Wildman–Crippen MR) is 81.2 cm³/mol. The summed E-state index contributed by atoms with van der Waals surface area (Å²) in [4.78, 5) is 4.41. The third-order valence-corrected chi connectivity index (χ3v) is 3.27. The molecule has 3 rings (SSSR count). The Labute approximate surface area is 121 Å². The Hall–Kier alpha value is -2.13. The molecule has 0 spiro atoms. The second-order valence-corrected chi connectivity index (χ2v) is 5.04. The zero-order chi connectivity index (χ0) is 14.1. The number of hydrogen-bond donors (Lipinski definition) is 1. The Bertz CT molecular complexity index is 769. The van der Waals surface area contributed by atoms with Crippen molar-refractivity contribution in [2.24, 2.45) is 0 Å². The van der Waals surface area contributed by atoms with Gasteiger partial charge < -0.3 is 5.32 Å². The first-order valence-electron chi connectivity index (χ1n) is 6.21. The first-order valence-corrected chi connectivity index (χ1v) is 6.59. The number of nitrogens with zero attached hydrogens (tertiary/aromatic N) is 1. The minimum atomic E-state index is -0.276. The van der Waals surface area contributed by atoms with E-state index in [0.717, 1.165) is 28.0 Å². The lowest BCUT2D eigenvalue weighted by Gasteiger charge is -2.11. The normalized spacial score (nSPS) is 10.8. The summed E-state index contributed by atoms with van der Waals surface area (Å²) in [5, 5.41) is 4.71. The van der Waals surface area contributed by atoms with Crippen molar-refractivity contribution >= 4 is 33.9 Å². The lowest BCUT2D eigenvalue weighted by atomic mass is 10.1. The molecule has 0 atom stereocenters. The van der Waals surface area contributed by atoms with Crippen molar-refractivity contribution in [3.63, 3.8) is 0 Å². The summed E-state index contributed by atoms with van der Waals surface area (Å²) in [6.07, 6.45) is 0. The maximum absolute atomic E-state index is 13.4. The molecule has 4 heteroatoms. The molecule has 0 fully saturated rings. The Morgan fingerprint density at radius 3 is 2.55 bits per heavy atom. The van der Waals surface area contributed by atoms with Gasteiger partial charge in [-0.15, -0.1) is 0 Å². The number of rotatable bonds is 2. The van der Waals surface area contributed by atoms with E-state index in [1.165, 1.54) is 12.1 Å². The topological polar surface area (TPSA) is 24.9 Å². The first-order chi connectivity index (χ1) is 9.61. The fourth-order valence-corrected chi connectivity index (χ4v) is 2.25. The highest BCUT2D eigenvalue weighted by molar-refractivity contribution is 6.30. The average Bonchev–Trinajstić information content (AvgIpc) is 2.42. The molecule has 0 aliphatic rings. The largest absolute Gasteiger partial charge is 0.355 e. The molecule has 1 heterocycles. The van der Waals surface area contributed by atoms with Crippen LogP contribution in [0.15, 0.2) is 48.5 Å². The zero-order valence-electron chi connectivity index (χ0n) is 10.8.